The molecule has 0 saturated carbocycles. The van der Waals surface area contributed by atoms with Crippen molar-refractivity contribution in [2.24, 2.45) is 5.41 Å². The molecule has 1 aromatic heterocycles. The highest BCUT2D eigenvalue weighted by atomic mass is 15.3. The van der Waals surface area contributed by atoms with E-state index in [9.17, 15) is 0 Å². The Balaban J connectivity index is 2.00. The van der Waals surface area contributed by atoms with Crippen LogP contribution in [0.5, 0.6) is 0 Å². The molecule has 2 rings (SSSR count). The summed E-state index contributed by atoms with van der Waals surface area (Å²) in [4.78, 5) is 0. The standard InChI is InChI=1S/C15H21N3/c1-15(2,3)11-14-13(16-18-17-14)10-9-12-7-5-4-6-8-12/h4-8H,9-11H2,1-3H3,(H,16,17,18). The fraction of sp³-hybridized carbons (Fsp3) is 0.467. The number of rotatable bonds is 4. The second-order valence-corrected chi connectivity index (χ2v) is 5.96. The Morgan fingerprint density at radius 3 is 2.44 bits per heavy atom. The number of nitrogens with zero attached hydrogens (tertiary/aromatic N) is 2. The van der Waals surface area contributed by atoms with Crippen LogP contribution in [0.4, 0.5) is 0 Å². The van der Waals surface area contributed by atoms with Crippen LogP contribution in [0.1, 0.15) is 37.7 Å². The fourth-order valence-corrected chi connectivity index (χ4v) is 2.05. The summed E-state index contributed by atoms with van der Waals surface area (Å²) in [6, 6.07) is 10.5. The molecule has 3 heteroatoms. The molecule has 1 N–H and O–H groups in total. The number of hydrogen-bond donors (Lipinski definition) is 1. The molecule has 96 valence electrons. The van der Waals surface area contributed by atoms with E-state index in [0.29, 0.717) is 0 Å². The molecule has 0 unspecified atom stereocenters. The molecule has 0 aliphatic rings. The fourth-order valence-electron chi connectivity index (χ4n) is 2.05. The highest BCUT2D eigenvalue weighted by Gasteiger charge is 2.16. The third kappa shape index (κ3) is 3.69. The van der Waals surface area contributed by atoms with E-state index >= 15 is 0 Å². The number of aromatic nitrogens is 3. The van der Waals surface area contributed by atoms with Crippen LogP contribution in [0.2, 0.25) is 0 Å². The maximum atomic E-state index is 4.21. The van der Waals surface area contributed by atoms with Crippen molar-refractivity contribution in [2.75, 3.05) is 0 Å². The van der Waals surface area contributed by atoms with Crippen LogP contribution in [-0.4, -0.2) is 15.4 Å². The highest BCUT2D eigenvalue weighted by Crippen LogP contribution is 2.21. The normalized spacial score (nSPS) is 11.7. The molecule has 0 amide bonds. The van der Waals surface area contributed by atoms with Crippen LogP contribution < -0.4 is 0 Å². The van der Waals surface area contributed by atoms with Crippen molar-refractivity contribution in [1.29, 1.82) is 0 Å². The summed E-state index contributed by atoms with van der Waals surface area (Å²) in [5.41, 5.74) is 3.89. The maximum absolute atomic E-state index is 4.21. The summed E-state index contributed by atoms with van der Waals surface area (Å²) in [5, 5.41) is 11.2. The summed E-state index contributed by atoms with van der Waals surface area (Å²) >= 11 is 0. The average molecular weight is 243 g/mol. The lowest BCUT2D eigenvalue weighted by Crippen LogP contribution is -2.11. The molecular formula is C15H21N3. The van der Waals surface area contributed by atoms with E-state index in [1.165, 1.54) is 11.3 Å². The van der Waals surface area contributed by atoms with E-state index in [0.717, 1.165) is 25.0 Å². The summed E-state index contributed by atoms with van der Waals surface area (Å²) in [6.07, 6.45) is 2.96. The zero-order valence-corrected chi connectivity index (χ0v) is 11.4. The molecule has 0 radical (unpaired) electrons. The molecule has 18 heavy (non-hydrogen) atoms. The van der Waals surface area contributed by atoms with Crippen molar-refractivity contribution in [1.82, 2.24) is 15.4 Å². The van der Waals surface area contributed by atoms with Gasteiger partial charge >= 0.3 is 0 Å². The summed E-state index contributed by atoms with van der Waals surface area (Å²) in [5.74, 6) is 0. The topological polar surface area (TPSA) is 41.6 Å². The van der Waals surface area contributed by atoms with Gasteiger partial charge in [-0.05, 0) is 30.2 Å². The molecule has 1 heterocycles. The quantitative estimate of drug-likeness (QED) is 0.896. The number of nitrogens with one attached hydrogen (secondary N) is 1. The lowest BCUT2D eigenvalue weighted by molar-refractivity contribution is 0.404. The molecule has 3 nitrogen and oxygen atoms in total. The van der Waals surface area contributed by atoms with Gasteiger partial charge in [0, 0.05) is 0 Å². The van der Waals surface area contributed by atoms with Crippen molar-refractivity contribution in [3.63, 3.8) is 0 Å². The maximum Gasteiger partial charge on any atom is 0.0859 e. The molecule has 0 atom stereocenters. The summed E-state index contributed by atoms with van der Waals surface area (Å²) < 4.78 is 0. The predicted octanol–water partition coefficient (Wildman–Crippen LogP) is 3.18. The van der Waals surface area contributed by atoms with Crippen LogP contribution in [0.25, 0.3) is 0 Å². The van der Waals surface area contributed by atoms with Crippen molar-refractivity contribution in [3.8, 4) is 0 Å². The Hall–Kier alpha value is -1.64. The van der Waals surface area contributed by atoms with Crippen molar-refractivity contribution in [3.05, 3.63) is 47.3 Å². The average Bonchev–Trinajstić information content (AvgIpc) is 2.73. The predicted molar refractivity (Wildman–Crippen MR) is 73.4 cm³/mol. The molecule has 0 aliphatic carbocycles. The first kappa shape index (κ1) is 12.8. The Morgan fingerprint density at radius 1 is 1.06 bits per heavy atom. The van der Waals surface area contributed by atoms with Crippen LogP contribution >= 0.6 is 0 Å². The molecular weight excluding hydrogens is 222 g/mol. The Bertz CT molecular complexity index is 480. The van der Waals surface area contributed by atoms with Gasteiger partial charge in [-0.15, -0.1) is 5.10 Å². The lowest BCUT2D eigenvalue weighted by atomic mass is 9.89. The van der Waals surface area contributed by atoms with Gasteiger partial charge in [-0.25, -0.2) is 0 Å². The van der Waals surface area contributed by atoms with E-state index in [4.69, 9.17) is 0 Å². The SMILES string of the molecule is CC(C)(C)Cc1[nH]nnc1CCc1ccccc1. The number of hydrogen-bond acceptors (Lipinski definition) is 2. The van der Waals surface area contributed by atoms with Gasteiger partial charge in [0.25, 0.3) is 0 Å². The molecule has 0 fully saturated rings. The van der Waals surface area contributed by atoms with E-state index in [2.05, 4.69) is 60.4 Å². The van der Waals surface area contributed by atoms with Crippen LogP contribution in [0.15, 0.2) is 30.3 Å². The van der Waals surface area contributed by atoms with Crippen LogP contribution in [0.3, 0.4) is 0 Å². The molecule has 0 aliphatic heterocycles. The van der Waals surface area contributed by atoms with Gasteiger partial charge in [0.15, 0.2) is 0 Å². The molecule has 2 aromatic rings. The van der Waals surface area contributed by atoms with Gasteiger partial charge < -0.3 is 0 Å². The van der Waals surface area contributed by atoms with Crippen molar-refractivity contribution >= 4 is 0 Å². The summed E-state index contributed by atoms with van der Waals surface area (Å²) in [7, 11) is 0. The molecule has 0 bridgehead atoms. The monoisotopic (exact) mass is 243 g/mol. The minimum atomic E-state index is 0.260. The minimum Gasteiger partial charge on any atom is -0.262 e. The number of aryl methyl sites for hydroxylation is 2. The molecule has 0 spiro atoms. The molecule has 1 aromatic carbocycles. The zero-order valence-electron chi connectivity index (χ0n) is 11.4. The number of aromatic amines is 1. The van der Waals surface area contributed by atoms with Crippen molar-refractivity contribution < 1.29 is 0 Å². The first-order valence-corrected chi connectivity index (χ1v) is 6.47. The Kier molecular flexibility index (Phi) is 3.80. The number of H-pyrrole nitrogens is 1. The van der Waals surface area contributed by atoms with Crippen LogP contribution in [-0.2, 0) is 19.3 Å². The number of benzene rings is 1. The lowest BCUT2D eigenvalue weighted by Gasteiger charge is -2.17. The first-order valence-electron chi connectivity index (χ1n) is 6.47. The van der Waals surface area contributed by atoms with E-state index in [1.54, 1.807) is 0 Å². The van der Waals surface area contributed by atoms with Gasteiger partial charge in [-0.1, -0.05) is 56.3 Å². The van der Waals surface area contributed by atoms with Crippen LogP contribution in [0, 0.1) is 5.41 Å². The van der Waals surface area contributed by atoms with E-state index < -0.39 is 0 Å². The van der Waals surface area contributed by atoms with Gasteiger partial charge in [-0.3, -0.25) is 5.10 Å². The van der Waals surface area contributed by atoms with Gasteiger partial charge in [-0.2, -0.15) is 0 Å². The van der Waals surface area contributed by atoms with E-state index in [1.807, 2.05) is 6.07 Å². The third-order valence-corrected chi connectivity index (χ3v) is 2.90. The molecule has 0 saturated heterocycles. The zero-order chi connectivity index (χ0) is 13.0. The van der Waals surface area contributed by atoms with Gasteiger partial charge in [0.05, 0.1) is 11.4 Å². The largest absolute Gasteiger partial charge is 0.262 e. The second-order valence-electron chi connectivity index (χ2n) is 5.96. The third-order valence-electron chi connectivity index (χ3n) is 2.90. The van der Waals surface area contributed by atoms with Gasteiger partial charge in [0.1, 0.15) is 0 Å². The minimum absolute atomic E-state index is 0.260. The van der Waals surface area contributed by atoms with Crippen molar-refractivity contribution in [2.45, 2.75) is 40.0 Å². The Morgan fingerprint density at radius 2 is 1.78 bits per heavy atom. The first-order chi connectivity index (χ1) is 8.54. The highest BCUT2D eigenvalue weighted by molar-refractivity contribution is 5.18. The van der Waals surface area contributed by atoms with E-state index in [-0.39, 0.29) is 5.41 Å². The summed E-state index contributed by atoms with van der Waals surface area (Å²) in [6.45, 7) is 6.69. The van der Waals surface area contributed by atoms with Gasteiger partial charge in [0.2, 0.25) is 0 Å². The smallest absolute Gasteiger partial charge is 0.0859 e. The Labute approximate surface area is 109 Å². The second kappa shape index (κ2) is 5.34.